The van der Waals surface area contributed by atoms with Gasteiger partial charge in [-0.1, -0.05) is 23.7 Å². The van der Waals surface area contributed by atoms with Crippen LogP contribution in [0.5, 0.6) is 0 Å². The Hall–Kier alpha value is -2.01. The highest BCUT2D eigenvalue weighted by atomic mass is 35.5. The van der Waals surface area contributed by atoms with Crippen molar-refractivity contribution in [1.82, 2.24) is 10.2 Å². The number of benzene rings is 1. The predicted octanol–water partition coefficient (Wildman–Crippen LogP) is 1.28. The summed E-state index contributed by atoms with van der Waals surface area (Å²) in [7, 11) is 1.53. The van der Waals surface area contributed by atoms with Crippen LogP contribution in [0.3, 0.4) is 0 Å². The Balaban J connectivity index is 1.87. The monoisotopic (exact) mass is 294 g/mol. The Morgan fingerprint density at radius 3 is 2.60 bits per heavy atom. The van der Waals surface area contributed by atoms with Crippen LogP contribution in [-0.2, 0) is 16.0 Å². The first-order valence-corrected chi connectivity index (χ1v) is 6.57. The zero-order valence-corrected chi connectivity index (χ0v) is 11.8. The van der Waals surface area contributed by atoms with Crippen LogP contribution in [0.15, 0.2) is 35.6 Å². The van der Waals surface area contributed by atoms with Crippen LogP contribution in [-0.4, -0.2) is 42.0 Å². The van der Waals surface area contributed by atoms with E-state index in [1.165, 1.54) is 11.9 Å². The van der Waals surface area contributed by atoms with E-state index in [-0.39, 0.29) is 12.1 Å². The number of aliphatic hydroxyl groups is 1. The van der Waals surface area contributed by atoms with E-state index in [0.717, 1.165) is 5.56 Å². The lowest BCUT2D eigenvalue weighted by molar-refractivity contribution is -0.126. The molecule has 20 heavy (non-hydrogen) atoms. The second-order valence-corrected chi connectivity index (χ2v) is 5.06. The van der Waals surface area contributed by atoms with Gasteiger partial charge in [-0.2, -0.15) is 0 Å². The zero-order valence-electron chi connectivity index (χ0n) is 11.0. The molecule has 1 aliphatic heterocycles. The fraction of sp³-hybridized carbons (Fsp3) is 0.286. The third-order valence-corrected chi connectivity index (χ3v) is 3.37. The fourth-order valence-corrected chi connectivity index (χ4v) is 2.08. The molecule has 2 amide bonds. The molecule has 2 N–H and O–H groups in total. The molecule has 0 aromatic heterocycles. The molecular formula is C14H15ClN2O3. The van der Waals surface area contributed by atoms with Gasteiger partial charge in [-0.15, -0.1) is 0 Å². The Kier molecular flexibility index (Phi) is 4.29. The normalized spacial score (nSPS) is 14.9. The predicted molar refractivity (Wildman–Crippen MR) is 75.5 cm³/mol. The van der Waals surface area contributed by atoms with Gasteiger partial charge >= 0.3 is 0 Å². The maximum atomic E-state index is 11.9. The third-order valence-electron chi connectivity index (χ3n) is 3.12. The van der Waals surface area contributed by atoms with E-state index in [2.05, 4.69) is 5.32 Å². The van der Waals surface area contributed by atoms with E-state index in [1.54, 1.807) is 12.1 Å². The van der Waals surface area contributed by atoms with Crippen molar-refractivity contribution in [3.8, 4) is 0 Å². The van der Waals surface area contributed by atoms with Crippen molar-refractivity contribution >= 4 is 23.4 Å². The lowest BCUT2D eigenvalue weighted by Gasteiger charge is -2.08. The molecule has 6 heteroatoms. The summed E-state index contributed by atoms with van der Waals surface area (Å²) in [5.74, 6) is -1.39. The van der Waals surface area contributed by atoms with Gasteiger partial charge in [-0.05, 0) is 24.1 Å². The molecule has 1 aromatic rings. The average molecular weight is 295 g/mol. The van der Waals surface area contributed by atoms with Crippen LogP contribution in [0.25, 0.3) is 0 Å². The van der Waals surface area contributed by atoms with Crippen molar-refractivity contribution in [1.29, 1.82) is 0 Å². The Labute approximate surface area is 121 Å². The molecule has 106 valence electrons. The second-order valence-electron chi connectivity index (χ2n) is 4.62. The first-order chi connectivity index (χ1) is 9.49. The van der Waals surface area contributed by atoms with Crippen LogP contribution in [0.2, 0.25) is 5.02 Å². The van der Waals surface area contributed by atoms with Crippen LogP contribution >= 0.6 is 11.6 Å². The number of hydrogen-bond donors (Lipinski definition) is 2. The maximum absolute atomic E-state index is 11.9. The van der Waals surface area contributed by atoms with Crippen molar-refractivity contribution in [2.75, 3.05) is 20.1 Å². The van der Waals surface area contributed by atoms with Gasteiger partial charge in [0.25, 0.3) is 11.8 Å². The number of nitrogens with zero attached hydrogens (tertiary/aromatic N) is 1. The van der Waals surface area contributed by atoms with Gasteiger partial charge in [0.05, 0.1) is 12.1 Å². The Morgan fingerprint density at radius 2 is 2.05 bits per heavy atom. The van der Waals surface area contributed by atoms with Gasteiger partial charge in [0.1, 0.15) is 0 Å². The molecule has 0 saturated heterocycles. The molecule has 5 nitrogen and oxygen atoms in total. The minimum atomic E-state index is -0.521. The van der Waals surface area contributed by atoms with Crippen molar-refractivity contribution in [3.05, 3.63) is 46.2 Å². The molecule has 1 aromatic carbocycles. The number of hydrogen-bond acceptors (Lipinski definition) is 3. The summed E-state index contributed by atoms with van der Waals surface area (Å²) in [5.41, 5.74) is 1.17. The summed E-state index contributed by atoms with van der Waals surface area (Å²) in [4.78, 5) is 24.5. The number of nitrogens with one attached hydrogen (secondary N) is 1. The van der Waals surface area contributed by atoms with Gasteiger partial charge in [0.2, 0.25) is 0 Å². The lowest BCUT2D eigenvalue weighted by atomic mass is 10.1. The highest BCUT2D eigenvalue weighted by Gasteiger charge is 2.31. The smallest absolute Gasteiger partial charge is 0.289 e. The summed E-state index contributed by atoms with van der Waals surface area (Å²) >= 11 is 5.79. The van der Waals surface area contributed by atoms with Crippen LogP contribution < -0.4 is 5.32 Å². The van der Waals surface area contributed by atoms with Crippen LogP contribution in [0.1, 0.15) is 5.56 Å². The first kappa shape index (κ1) is 14.4. The van der Waals surface area contributed by atoms with Crippen molar-refractivity contribution < 1.29 is 14.7 Å². The van der Waals surface area contributed by atoms with Gasteiger partial charge in [0.15, 0.2) is 5.76 Å². The number of carbonyl (C=O) groups is 2. The van der Waals surface area contributed by atoms with Crippen molar-refractivity contribution in [2.45, 2.75) is 6.42 Å². The van der Waals surface area contributed by atoms with E-state index in [0.29, 0.717) is 18.0 Å². The minimum absolute atomic E-state index is 0.119. The fourth-order valence-electron chi connectivity index (χ4n) is 1.95. The first-order valence-electron chi connectivity index (χ1n) is 6.19. The molecule has 0 fully saturated rings. The number of carbonyl (C=O) groups excluding carboxylic acids is 2. The number of halogens is 1. The summed E-state index contributed by atoms with van der Waals surface area (Å²) in [5, 5.41) is 12.9. The summed E-state index contributed by atoms with van der Waals surface area (Å²) < 4.78 is 0. The van der Waals surface area contributed by atoms with Crippen LogP contribution in [0.4, 0.5) is 0 Å². The minimum Gasteiger partial charge on any atom is -0.503 e. The topological polar surface area (TPSA) is 69.6 Å². The summed E-state index contributed by atoms with van der Waals surface area (Å²) in [6.45, 7) is 0.562. The molecule has 0 atom stereocenters. The number of amides is 2. The molecular weight excluding hydrogens is 280 g/mol. The second kappa shape index (κ2) is 5.96. The molecule has 0 unspecified atom stereocenters. The maximum Gasteiger partial charge on any atom is 0.289 e. The standard InChI is InChI=1S/C14H15ClN2O3/c1-17-8-11(12(18)14(17)20)13(19)16-7-6-9-2-4-10(15)5-3-9/h2-5,18H,6-8H2,1H3,(H,16,19). The van der Waals surface area contributed by atoms with E-state index in [4.69, 9.17) is 11.6 Å². The summed E-state index contributed by atoms with van der Waals surface area (Å²) in [6.07, 6.45) is 0.654. The van der Waals surface area contributed by atoms with E-state index in [1.807, 2.05) is 12.1 Å². The molecule has 2 rings (SSSR count). The Bertz CT molecular complexity index is 566. The van der Waals surface area contributed by atoms with Crippen molar-refractivity contribution in [2.24, 2.45) is 0 Å². The highest BCUT2D eigenvalue weighted by Crippen LogP contribution is 2.15. The molecule has 1 aliphatic rings. The SMILES string of the molecule is CN1CC(C(=O)NCCc2ccc(Cl)cc2)=C(O)C1=O. The average Bonchev–Trinajstić information content (AvgIpc) is 2.69. The Morgan fingerprint density at radius 1 is 1.40 bits per heavy atom. The van der Waals surface area contributed by atoms with Crippen molar-refractivity contribution in [3.63, 3.8) is 0 Å². The largest absolute Gasteiger partial charge is 0.503 e. The number of likely N-dealkylation sites (N-methyl/N-ethyl adjacent to an activating group) is 1. The zero-order chi connectivity index (χ0) is 14.7. The van der Waals surface area contributed by atoms with Crippen LogP contribution in [0, 0.1) is 0 Å². The third kappa shape index (κ3) is 3.11. The highest BCUT2D eigenvalue weighted by molar-refractivity contribution is 6.30. The summed E-state index contributed by atoms with van der Waals surface area (Å²) in [6, 6.07) is 7.35. The van der Waals surface area contributed by atoms with E-state index in [9.17, 15) is 14.7 Å². The molecule has 0 bridgehead atoms. The van der Waals surface area contributed by atoms with E-state index < -0.39 is 17.6 Å². The molecule has 0 saturated carbocycles. The van der Waals surface area contributed by atoms with Gasteiger partial charge in [-0.3, -0.25) is 9.59 Å². The molecule has 0 radical (unpaired) electrons. The van der Waals surface area contributed by atoms with Gasteiger partial charge in [-0.25, -0.2) is 0 Å². The van der Waals surface area contributed by atoms with Gasteiger partial charge in [0, 0.05) is 18.6 Å². The molecule has 0 aliphatic carbocycles. The number of rotatable bonds is 4. The van der Waals surface area contributed by atoms with E-state index >= 15 is 0 Å². The lowest BCUT2D eigenvalue weighted by Crippen LogP contribution is -2.29. The quantitative estimate of drug-likeness (QED) is 0.879. The van der Waals surface area contributed by atoms with Gasteiger partial charge < -0.3 is 15.3 Å². The number of aliphatic hydroxyl groups excluding tert-OH is 1. The molecule has 0 spiro atoms. The molecule has 1 heterocycles.